The number of amidine groups is 1. The monoisotopic (exact) mass is 380 g/mol. The minimum atomic E-state index is -10.7. The molecule has 0 saturated carbocycles. The number of rotatable bonds is 1. The van der Waals surface area contributed by atoms with Crippen LogP contribution in [0.3, 0.4) is 0 Å². The van der Waals surface area contributed by atoms with Crippen LogP contribution >= 0.6 is 7.81 Å². The molecule has 138 valence electrons. The number of hydrogen-bond donors (Lipinski definition) is 1. The van der Waals surface area contributed by atoms with E-state index in [1.54, 1.807) is 12.3 Å². The Morgan fingerprint density at radius 3 is 2.12 bits per heavy atom. The predicted octanol–water partition coefficient (Wildman–Crippen LogP) is 3.30. The second-order valence-corrected chi connectivity index (χ2v) is 6.85. The van der Waals surface area contributed by atoms with Crippen LogP contribution < -0.4 is 4.74 Å². The number of fused-ring (bicyclic) bond motifs is 1. The summed E-state index contributed by atoms with van der Waals surface area (Å²) in [5, 5.41) is 10.5. The quantitative estimate of drug-likeness (QED) is 0.270. The number of halogens is 6. The number of ether oxygens (including phenoxy) is 1. The molecule has 0 unspecified atom stereocenters. The van der Waals surface area contributed by atoms with E-state index in [-0.39, 0.29) is 0 Å². The Labute approximate surface area is 132 Å². The van der Waals surface area contributed by atoms with Gasteiger partial charge in [0, 0.05) is 12.3 Å². The first-order valence-corrected chi connectivity index (χ1v) is 8.19. The van der Waals surface area contributed by atoms with Crippen LogP contribution in [0.25, 0.3) is 11.2 Å². The van der Waals surface area contributed by atoms with Gasteiger partial charge in [-0.25, -0.2) is 14.5 Å². The molecular formula is C10H15F6N6OP. The molecule has 14 heteroatoms. The van der Waals surface area contributed by atoms with E-state index in [0.29, 0.717) is 22.9 Å². The Morgan fingerprint density at radius 1 is 1.12 bits per heavy atom. The van der Waals surface area contributed by atoms with Crippen LogP contribution in [-0.2, 0) is 0 Å². The van der Waals surface area contributed by atoms with Crippen LogP contribution in [0.5, 0.6) is 5.75 Å². The van der Waals surface area contributed by atoms with Crippen LogP contribution in [0.2, 0.25) is 0 Å². The maximum atomic E-state index is 9.87. The summed E-state index contributed by atoms with van der Waals surface area (Å²) in [4.78, 5) is 5.96. The molecule has 0 aliphatic heterocycles. The maximum absolute atomic E-state index is 10.7. The summed E-state index contributed by atoms with van der Waals surface area (Å²) in [5.74, 6) is 0.626. The van der Waals surface area contributed by atoms with E-state index in [1.165, 1.54) is 0 Å². The molecule has 2 rings (SSSR count). The fourth-order valence-corrected chi connectivity index (χ4v) is 1.50. The van der Waals surface area contributed by atoms with Gasteiger partial charge in [0.25, 0.3) is 0 Å². The summed E-state index contributed by atoms with van der Waals surface area (Å²) in [5.41, 5.74) is 1.16. The van der Waals surface area contributed by atoms with Gasteiger partial charge in [0.1, 0.15) is 0 Å². The molecule has 0 spiro atoms. The number of nitrogens with one attached hydrogen (secondary N) is 1. The number of H-pyrrole nitrogens is 1. The van der Waals surface area contributed by atoms with E-state index < -0.39 is 7.81 Å². The molecule has 2 aromatic rings. The molecule has 0 radical (unpaired) electrons. The van der Waals surface area contributed by atoms with Crippen molar-refractivity contribution < 1.29 is 34.5 Å². The van der Waals surface area contributed by atoms with Gasteiger partial charge in [-0.05, 0) is 0 Å². The van der Waals surface area contributed by atoms with Crippen molar-refractivity contribution in [2.24, 2.45) is 0 Å². The van der Waals surface area contributed by atoms with Gasteiger partial charge < -0.3 is 4.74 Å². The molecule has 0 aromatic carbocycles. The van der Waals surface area contributed by atoms with E-state index in [4.69, 9.17) is 4.74 Å². The Balaban J connectivity index is 0.000000351. The first kappa shape index (κ1) is 19.9. The van der Waals surface area contributed by atoms with Crippen LogP contribution in [0.15, 0.2) is 12.3 Å². The average Bonchev–Trinajstić information content (AvgIpc) is 2.79. The van der Waals surface area contributed by atoms with Crippen molar-refractivity contribution in [3.05, 3.63) is 12.3 Å². The average molecular weight is 380 g/mol. The van der Waals surface area contributed by atoms with Gasteiger partial charge in [-0.1, -0.05) is 0 Å². The number of aromatic amines is 1. The van der Waals surface area contributed by atoms with Crippen molar-refractivity contribution in [2.45, 2.75) is 0 Å². The molecule has 0 fully saturated rings. The van der Waals surface area contributed by atoms with Crippen molar-refractivity contribution in [3.63, 3.8) is 0 Å². The van der Waals surface area contributed by atoms with Gasteiger partial charge in [-0.3, -0.25) is 0 Å². The Morgan fingerprint density at radius 2 is 1.67 bits per heavy atom. The topological polar surface area (TPSA) is 69.9 Å². The number of nitrogens with zero attached hydrogens (tertiary/aromatic N) is 5. The molecule has 0 aliphatic carbocycles. The fraction of sp³-hybridized carbons (Fsp3) is 0.400. The first-order chi connectivity index (χ1) is 10.5. The standard InChI is InChI=1S/C10H15N6O.F6P/c1-15(2)10(16(3)4)17-7-5-6-11-9-8(7)12-14-13-9;1-7(2,3,4,5)6/h5-6H,1-4H3,(H,11,12,13,14);/q+1;-1. The second kappa shape index (κ2) is 5.72. The van der Waals surface area contributed by atoms with Gasteiger partial charge in [-0.15, -0.1) is 5.10 Å². The predicted molar refractivity (Wildman–Crippen MR) is 76.7 cm³/mol. The van der Waals surface area contributed by atoms with Gasteiger partial charge in [0.2, 0.25) is 5.65 Å². The van der Waals surface area contributed by atoms with Gasteiger partial charge in [0.15, 0.2) is 11.3 Å². The minimum absolute atomic E-state index is 0.541. The molecule has 0 atom stereocenters. The molecule has 1 N–H and O–H groups in total. The zero-order chi connectivity index (χ0) is 18.8. The summed E-state index contributed by atoms with van der Waals surface area (Å²) in [6.45, 7) is 0. The molecule has 7 nitrogen and oxygen atoms in total. The normalized spacial score (nSPS) is 14.1. The molecule has 2 aromatic heterocycles. The molecule has 2 heterocycles. The molecule has 0 aliphatic rings. The Bertz CT molecular complexity index is 740. The van der Waals surface area contributed by atoms with E-state index in [2.05, 4.69) is 20.4 Å². The number of aromatic nitrogens is 4. The molecule has 0 amide bonds. The second-order valence-electron chi connectivity index (χ2n) is 4.94. The molecule has 24 heavy (non-hydrogen) atoms. The zero-order valence-electron chi connectivity index (χ0n) is 13.0. The van der Waals surface area contributed by atoms with E-state index >= 15 is 0 Å². The van der Waals surface area contributed by atoms with Crippen molar-refractivity contribution in [3.8, 4) is 5.75 Å². The summed E-state index contributed by atoms with van der Waals surface area (Å²) < 4.78 is 66.9. The number of pyridine rings is 1. The van der Waals surface area contributed by atoms with Crippen LogP contribution in [0, 0.1) is 0 Å². The van der Waals surface area contributed by atoms with Crippen molar-refractivity contribution in [1.29, 1.82) is 0 Å². The van der Waals surface area contributed by atoms with E-state index in [1.807, 2.05) is 37.7 Å². The number of hydrogen-bond acceptors (Lipinski definition) is 4. The summed E-state index contributed by atoms with van der Waals surface area (Å²) >= 11 is 0. The molecule has 0 bridgehead atoms. The third kappa shape index (κ3) is 7.90. The van der Waals surface area contributed by atoms with Crippen molar-refractivity contribution in [2.75, 3.05) is 28.2 Å². The third-order valence-corrected chi connectivity index (χ3v) is 2.15. The summed E-state index contributed by atoms with van der Waals surface area (Å²) in [6, 6.07) is 2.47. The molecular weight excluding hydrogens is 365 g/mol. The molecule has 0 saturated heterocycles. The third-order valence-electron chi connectivity index (χ3n) is 2.15. The van der Waals surface area contributed by atoms with E-state index in [9.17, 15) is 25.2 Å². The SMILES string of the molecule is CN(C)C(Oc1ccnc2n[nH]nc12)=[N+](C)C.F[P-](F)(F)(F)(F)F. The fourth-order valence-electron chi connectivity index (χ4n) is 1.50. The van der Waals surface area contributed by atoms with Crippen LogP contribution in [0.1, 0.15) is 0 Å². The zero-order valence-corrected chi connectivity index (χ0v) is 13.9. The van der Waals surface area contributed by atoms with Crippen LogP contribution in [0.4, 0.5) is 25.2 Å². The van der Waals surface area contributed by atoms with Gasteiger partial charge in [0.05, 0.1) is 28.2 Å². The Hall–Kier alpha value is -2.17. The Kier molecular flexibility index (Phi) is 4.74. The van der Waals surface area contributed by atoms with Crippen molar-refractivity contribution >= 4 is 25.0 Å². The summed E-state index contributed by atoms with van der Waals surface area (Å²) in [6.07, 6.45) is 1.64. The van der Waals surface area contributed by atoms with E-state index in [0.717, 1.165) is 0 Å². The van der Waals surface area contributed by atoms with Gasteiger partial charge >= 0.3 is 39.0 Å². The van der Waals surface area contributed by atoms with Crippen molar-refractivity contribution in [1.82, 2.24) is 25.3 Å². The summed E-state index contributed by atoms with van der Waals surface area (Å²) in [7, 11) is -3.00. The van der Waals surface area contributed by atoms with Gasteiger partial charge in [-0.2, -0.15) is 10.3 Å². The van der Waals surface area contributed by atoms with Crippen LogP contribution in [-0.4, -0.2) is 64.1 Å². The first-order valence-electron chi connectivity index (χ1n) is 6.16.